The van der Waals surface area contributed by atoms with Gasteiger partial charge >= 0.3 is 0 Å². The lowest BCUT2D eigenvalue weighted by molar-refractivity contribution is 0.451. The highest BCUT2D eigenvalue weighted by molar-refractivity contribution is 5.91. The van der Waals surface area contributed by atoms with Crippen molar-refractivity contribution in [2.45, 2.75) is 0 Å². The molecule has 6 nitrogen and oxygen atoms in total. The number of hydrogen-bond donors (Lipinski definition) is 3. The Bertz CT molecular complexity index is 818. The lowest BCUT2D eigenvalue weighted by Gasteiger charge is -2.15. The standard InChI is InChI=1S/C15H14N4O2/c1-19(16)15-10-4-2-3-5-12(10)17-14(18-15)11-7-6-9(20)8-13(11)21/h2-8,20-21H,16H2,1H3. The SMILES string of the molecule is CN(N)c1nc(-c2ccc(O)cc2O)nc2ccccc12. The molecule has 1 aromatic heterocycles. The molecule has 2 aromatic carbocycles. The van der Waals surface area contributed by atoms with E-state index in [9.17, 15) is 10.2 Å². The number of phenols is 2. The third-order valence-electron chi connectivity index (χ3n) is 3.14. The molecule has 21 heavy (non-hydrogen) atoms. The summed E-state index contributed by atoms with van der Waals surface area (Å²) in [5, 5.41) is 21.6. The predicted molar refractivity (Wildman–Crippen MR) is 80.9 cm³/mol. The Morgan fingerprint density at radius 3 is 2.52 bits per heavy atom. The summed E-state index contributed by atoms with van der Waals surface area (Å²) in [5.41, 5.74) is 1.16. The molecule has 3 aromatic rings. The first-order chi connectivity index (χ1) is 10.1. The van der Waals surface area contributed by atoms with E-state index in [2.05, 4.69) is 9.97 Å². The fourth-order valence-corrected chi connectivity index (χ4v) is 2.16. The number of anilines is 1. The van der Waals surface area contributed by atoms with E-state index in [0.717, 1.165) is 10.9 Å². The normalized spacial score (nSPS) is 10.8. The minimum atomic E-state index is -0.0871. The number of rotatable bonds is 2. The maximum absolute atomic E-state index is 9.96. The van der Waals surface area contributed by atoms with Crippen LogP contribution in [0, 0.1) is 0 Å². The second-order valence-corrected chi connectivity index (χ2v) is 4.70. The van der Waals surface area contributed by atoms with Crippen LogP contribution < -0.4 is 10.9 Å². The van der Waals surface area contributed by atoms with Crippen molar-refractivity contribution >= 4 is 16.7 Å². The maximum atomic E-state index is 9.96. The van der Waals surface area contributed by atoms with Crippen LogP contribution in [0.25, 0.3) is 22.3 Å². The number of nitrogens with two attached hydrogens (primary N) is 1. The Kier molecular flexibility index (Phi) is 3.08. The van der Waals surface area contributed by atoms with Gasteiger partial charge in [0, 0.05) is 18.5 Å². The molecule has 0 amide bonds. The molecule has 0 bridgehead atoms. The molecule has 0 saturated carbocycles. The lowest BCUT2D eigenvalue weighted by atomic mass is 10.1. The van der Waals surface area contributed by atoms with E-state index in [0.29, 0.717) is 17.2 Å². The van der Waals surface area contributed by atoms with Crippen molar-refractivity contribution < 1.29 is 10.2 Å². The molecule has 0 radical (unpaired) electrons. The minimum Gasteiger partial charge on any atom is -0.508 e. The minimum absolute atomic E-state index is 0.0202. The van der Waals surface area contributed by atoms with Crippen LogP contribution in [-0.2, 0) is 0 Å². The Hall–Kier alpha value is -2.86. The molecule has 0 atom stereocenters. The van der Waals surface area contributed by atoms with Gasteiger partial charge in [0.15, 0.2) is 11.6 Å². The topological polar surface area (TPSA) is 95.5 Å². The zero-order valence-electron chi connectivity index (χ0n) is 11.4. The summed E-state index contributed by atoms with van der Waals surface area (Å²) in [7, 11) is 1.69. The second-order valence-electron chi connectivity index (χ2n) is 4.70. The molecule has 3 rings (SSSR count). The number of aromatic hydroxyl groups is 2. The summed E-state index contributed by atoms with van der Waals surface area (Å²) in [6.07, 6.45) is 0. The van der Waals surface area contributed by atoms with E-state index in [1.165, 1.54) is 17.1 Å². The van der Waals surface area contributed by atoms with Crippen LogP contribution in [0.3, 0.4) is 0 Å². The average Bonchev–Trinajstić information content (AvgIpc) is 2.46. The summed E-state index contributed by atoms with van der Waals surface area (Å²) in [6, 6.07) is 11.8. The van der Waals surface area contributed by atoms with Gasteiger partial charge in [-0.05, 0) is 24.3 Å². The number of aromatic nitrogens is 2. The molecule has 0 aliphatic rings. The third-order valence-corrected chi connectivity index (χ3v) is 3.14. The van der Waals surface area contributed by atoms with Gasteiger partial charge in [0.05, 0.1) is 11.1 Å². The van der Waals surface area contributed by atoms with Gasteiger partial charge in [-0.15, -0.1) is 0 Å². The summed E-state index contributed by atoms with van der Waals surface area (Å²) < 4.78 is 0. The maximum Gasteiger partial charge on any atom is 0.165 e. The molecule has 0 saturated heterocycles. The van der Waals surface area contributed by atoms with E-state index < -0.39 is 0 Å². The van der Waals surface area contributed by atoms with Crippen LogP contribution >= 0.6 is 0 Å². The fourth-order valence-electron chi connectivity index (χ4n) is 2.16. The van der Waals surface area contributed by atoms with E-state index >= 15 is 0 Å². The van der Waals surface area contributed by atoms with Crippen molar-refractivity contribution in [3.8, 4) is 22.9 Å². The molecule has 106 valence electrons. The van der Waals surface area contributed by atoms with E-state index in [-0.39, 0.29) is 11.5 Å². The van der Waals surface area contributed by atoms with Crippen LogP contribution in [0.1, 0.15) is 0 Å². The summed E-state index contributed by atoms with van der Waals surface area (Å²) in [6.45, 7) is 0. The molecular weight excluding hydrogens is 268 g/mol. The van der Waals surface area contributed by atoms with Crippen LogP contribution in [0.15, 0.2) is 42.5 Å². The van der Waals surface area contributed by atoms with Crippen molar-refractivity contribution in [3.63, 3.8) is 0 Å². The first-order valence-corrected chi connectivity index (χ1v) is 6.34. The van der Waals surface area contributed by atoms with Gasteiger partial charge in [-0.25, -0.2) is 15.8 Å². The quantitative estimate of drug-likeness (QED) is 0.491. The largest absolute Gasteiger partial charge is 0.508 e. The van der Waals surface area contributed by atoms with E-state index in [1.54, 1.807) is 13.1 Å². The van der Waals surface area contributed by atoms with E-state index in [4.69, 9.17) is 5.84 Å². The highest BCUT2D eigenvalue weighted by atomic mass is 16.3. The lowest BCUT2D eigenvalue weighted by Crippen LogP contribution is -2.26. The highest BCUT2D eigenvalue weighted by Gasteiger charge is 2.13. The molecule has 0 aliphatic carbocycles. The van der Waals surface area contributed by atoms with Crippen LogP contribution in [0.5, 0.6) is 11.5 Å². The molecule has 0 spiro atoms. The van der Waals surface area contributed by atoms with Crippen molar-refractivity contribution in [2.24, 2.45) is 5.84 Å². The Balaban J connectivity index is 2.28. The van der Waals surface area contributed by atoms with Crippen LogP contribution in [-0.4, -0.2) is 27.2 Å². The van der Waals surface area contributed by atoms with Crippen molar-refractivity contribution in [1.82, 2.24) is 9.97 Å². The molecule has 6 heteroatoms. The molecule has 4 N–H and O–H groups in total. The molecule has 0 unspecified atom stereocenters. The Morgan fingerprint density at radius 2 is 1.81 bits per heavy atom. The predicted octanol–water partition coefficient (Wildman–Crippen LogP) is 2.02. The smallest absolute Gasteiger partial charge is 0.165 e. The van der Waals surface area contributed by atoms with Gasteiger partial charge in [0.2, 0.25) is 0 Å². The average molecular weight is 282 g/mol. The van der Waals surface area contributed by atoms with Crippen LogP contribution in [0.2, 0.25) is 0 Å². The van der Waals surface area contributed by atoms with E-state index in [1.807, 2.05) is 24.3 Å². The number of fused-ring (bicyclic) bond motifs is 1. The Labute approximate surface area is 121 Å². The number of hydrogen-bond acceptors (Lipinski definition) is 6. The molecule has 1 heterocycles. The van der Waals surface area contributed by atoms with Gasteiger partial charge in [0.1, 0.15) is 11.5 Å². The van der Waals surface area contributed by atoms with Gasteiger partial charge in [-0.3, -0.25) is 5.01 Å². The molecule has 0 aliphatic heterocycles. The van der Waals surface area contributed by atoms with Gasteiger partial charge in [-0.1, -0.05) is 12.1 Å². The number of benzene rings is 2. The zero-order valence-corrected chi connectivity index (χ0v) is 11.4. The van der Waals surface area contributed by atoms with Gasteiger partial charge in [-0.2, -0.15) is 0 Å². The highest BCUT2D eigenvalue weighted by Crippen LogP contribution is 2.32. The summed E-state index contributed by atoms with van der Waals surface area (Å²) >= 11 is 0. The first-order valence-electron chi connectivity index (χ1n) is 6.34. The van der Waals surface area contributed by atoms with Gasteiger partial charge in [0.25, 0.3) is 0 Å². The van der Waals surface area contributed by atoms with Crippen molar-refractivity contribution in [3.05, 3.63) is 42.5 Å². The van der Waals surface area contributed by atoms with Gasteiger partial charge < -0.3 is 10.2 Å². The number of nitrogens with zero attached hydrogens (tertiary/aromatic N) is 3. The monoisotopic (exact) mass is 282 g/mol. The zero-order chi connectivity index (χ0) is 15.0. The number of phenolic OH excluding ortho intramolecular Hbond substituents is 2. The third kappa shape index (κ3) is 2.32. The summed E-state index contributed by atoms with van der Waals surface area (Å²) in [4.78, 5) is 8.85. The fraction of sp³-hybridized carbons (Fsp3) is 0.0667. The number of para-hydroxylation sites is 1. The molecular formula is C15H14N4O2. The summed E-state index contributed by atoms with van der Waals surface area (Å²) in [5.74, 6) is 6.63. The first kappa shape index (κ1) is 13.1. The van der Waals surface area contributed by atoms with Crippen LogP contribution in [0.4, 0.5) is 5.82 Å². The second kappa shape index (κ2) is 4.92. The Morgan fingerprint density at radius 1 is 1.05 bits per heavy atom. The van der Waals surface area contributed by atoms with Crippen molar-refractivity contribution in [1.29, 1.82) is 0 Å². The van der Waals surface area contributed by atoms with Crippen molar-refractivity contribution in [2.75, 3.05) is 12.1 Å². The number of hydrazine groups is 1. The molecule has 0 fully saturated rings.